The molecule has 0 bridgehead atoms. The average Bonchev–Trinajstić information content (AvgIpc) is 2.08. The first-order valence-electron chi connectivity index (χ1n) is 3.29. The monoisotopic (exact) mass is 520 g/mol. The van der Waals surface area contributed by atoms with Crippen molar-refractivity contribution in [3.63, 3.8) is 0 Å². The molecule has 152 valence electrons. The predicted octanol–water partition coefficient (Wildman–Crippen LogP) is -1.44. The fraction of sp³-hybridized carbons (Fsp3) is 0. The molecule has 0 spiro atoms. The predicted molar refractivity (Wildman–Crippen MR) is 62.2 cm³/mol. The largest absolute Gasteiger partial charge is 4.00 e. The van der Waals surface area contributed by atoms with Gasteiger partial charge in [-0.2, -0.15) is 0 Å². The summed E-state index contributed by atoms with van der Waals surface area (Å²) in [7, 11) is 0. The Balaban J connectivity index is -0.0000000245. The molecular weight excluding hydrogens is 522 g/mol. The zero-order valence-electron chi connectivity index (χ0n) is 10.8. The van der Waals surface area contributed by atoms with Crippen molar-refractivity contribution in [1.82, 2.24) is 0 Å². The summed E-state index contributed by atoms with van der Waals surface area (Å²) in [4.78, 5) is 49.5. The molecule has 0 saturated carbocycles. The zero-order valence-corrected chi connectivity index (χ0v) is 14.3. The molecule has 0 aromatic heterocycles. The third-order valence-corrected chi connectivity index (χ3v) is 0. The van der Waals surface area contributed by atoms with Gasteiger partial charge in [0.1, 0.15) is 0 Å². The van der Waals surface area contributed by atoms with Crippen molar-refractivity contribution >= 4 is 0 Å². The molecule has 0 amide bonds. The normalized spacial score (nSPS) is 5.54. The first-order valence-corrected chi connectivity index (χ1v) is 3.29. The van der Waals surface area contributed by atoms with Crippen LogP contribution in [-0.2, 0) is 42.7 Å². The van der Waals surface area contributed by atoms with E-state index in [-0.39, 0.29) is 42.7 Å². The van der Waals surface area contributed by atoms with Crippen LogP contribution in [0.4, 0.5) is 0 Å². The van der Waals surface area contributed by atoms with Crippen LogP contribution in [0.15, 0.2) is 0 Å². The summed E-state index contributed by atoms with van der Waals surface area (Å²) in [6.45, 7) is 0. The zero-order chi connectivity index (χ0) is 21.5. The summed E-state index contributed by atoms with van der Waals surface area (Å²) >= 11 is 0. The molecule has 24 nitrogen and oxygen atoms in total. The van der Waals surface area contributed by atoms with Crippen molar-refractivity contribution in [2.75, 3.05) is 0 Å². The van der Waals surface area contributed by atoms with E-state index in [9.17, 15) is 0 Å². The summed E-state index contributed by atoms with van der Waals surface area (Å²) in [5.41, 5.74) is 0. The fourth-order valence-corrected chi connectivity index (χ4v) is 0. The summed E-state index contributed by atoms with van der Waals surface area (Å²) in [5, 5.41) is 88.5. The van der Waals surface area contributed by atoms with Gasteiger partial charge < -0.3 is 91.9 Å². The van der Waals surface area contributed by atoms with Gasteiger partial charge in [-0.3, -0.25) is 0 Å². The van der Waals surface area contributed by atoms with Gasteiger partial charge in [0, 0.05) is 0 Å². The van der Waals surface area contributed by atoms with Crippen molar-refractivity contribution in [2.45, 2.75) is 0 Å². The van der Waals surface area contributed by atoms with Crippen molar-refractivity contribution in [3.8, 4) is 0 Å². The molecule has 0 unspecified atom stereocenters. The third-order valence-electron chi connectivity index (χ3n) is 0. The maximum Gasteiger partial charge on any atom is 4.00 e. The molecule has 0 radical (unpaired) electrons. The Kier molecular flexibility index (Phi) is 81.8. The quantitative estimate of drug-likeness (QED) is 0.199. The number of nitrogens with zero attached hydrogens (tertiary/aromatic N) is 6. The van der Waals surface area contributed by atoms with Gasteiger partial charge in [-0.05, 0) is 0 Å². The Morgan fingerprint density at radius 2 is 0.308 bits per heavy atom. The van der Waals surface area contributed by atoms with Gasteiger partial charge in [-0.15, -0.1) is 0 Å². The molecule has 0 rings (SSSR count). The molecule has 0 fully saturated rings. The Labute approximate surface area is 165 Å². The molecule has 26 heavy (non-hydrogen) atoms. The van der Waals surface area contributed by atoms with Crippen molar-refractivity contribution in [2.24, 2.45) is 0 Å². The molecule has 0 heterocycles. The van der Waals surface area contributed by atoms with Crippen LogP contribution in [0.2, 0.25) is 0 Å². The molecule has 0 N–H and O–H groups in total. The van der Waals surface area contributed by atoms with E-state index in [1.165, 1.54) is 0 Å². The maximum absolute atomic E-state index is 8.25. The maximum atomic E-state index is 8.25. The van der Waals surface area contributed by atoms with Crippen LogP contribution in [0, 0.1) is 91.9 Å². The Bertz CT molecular complexity index is 263. The van der Waals surface area contributed by atoms with E-state index in [2.05, 4.69) is 0 Å². The van der Waals surface area contributed by atoms with Gasteiger partial charge >= 0.3 is 42.7 Å². The van der Waals surface area contributed by atoms with E-state index in [0.717, 1.165) is 0 Å². The summed E-state index contributed by atoms with van der Waals surface area (Å²) in [6, 6.07) is 0. The second-order valence-corrected chi connectivity index (χ2v) is 1.34. The van der Waals surface area contributed by atoms with Crippen LogP contribution in [0.5, 0.6) is 0 Å². The smallest absolute Gasteiger partial charge is 0.356 e. The molecule has 26 heteroatoms. The molecule has 0 aliphatic heterocycles. The van der Waals surface area contributed by atoms with E-state index >= 15 is 0 Å². The summed E-state index contributed by atoms with van der Waals surface area (Å²) in [5.74, 6) is 0. The molecule has 0 aromatic rings. The second-order valence-electron chi connectivity index (χ2n) is 1.34. The van der Waals surface area contributed by atoms with Gasteiger partial charge in [-0.25, -0.2) is 0 Å². The van der Waals surface area contributed by atoms with Gasteiger partial charge in [0.05, 0.1) is 30.5 Å². The minimum atomic E-state index is -1.75. The molecular formula is N6NiO18Zr. The fourth-order valence-electron chi connectivity index (χ4n) is 0. The van der Waals surface area contributed by atoms with Gasteiger partial charge in [0.15, 0.2) is 0 Å². The summed E-state index contributed by atoms with van der Waals surface area (Å²) < 4.78 is 0. The minimum Gasteiger partial charge on any atom is -0.356 e. The number of hydrogen-bond donors (Lipinski definition) is 0. The van der Waals surface area contributed by atoms with E-state index in [0.29, 0.717) is 0 Å². The van der Waals surface area contributed by atoms with Gasteiger partial charge in [0.25, 0.3) is 0 Å². The first-order chi connectivity index (χ1) is 10.4. The Hall–Kier alpha value is -3.42. The van der Waals surface area contributed by atoms with E-state index in [1.807, 2.05) is 0 Å². The van der Waals surface area contributed by atoms with Crippen LogP contribution in [0.1, 0.15) is 0 Å². The standard InChI is InChI=1S/6NO3.Ni.Zr/c6*2-1(3)4;;/q6*-1;+2;+4. The van der Waals surface area contributed by atoms with Crippen LogP contribution in [-0.4, -0.2) is 30.5 Å². The second kappa shape index (κ2) is 43.0. The van der Waals surface area contributed by atoms with Crippen LogP contribution in [0.25, 0.3) is 0 Å². The van der Waals surface area contributed by atoms with E-state index in [4.69, 9.17) is 91.9 Å². The van der Waals surface area contributed by atoms with E-state index in [1.54, 1.807) is 0 Å². The number of rotatable bonds is 0. The molecule has 0 aromatic carbocycles. The van der Waals surface area contributed by atoms with Crippen molar-refractivity contribution in [3.05, 3.63) is 91.9 Å². The van der Waals surface area contributed by atoms with Gasteiger partial charge in [-0.1, -0.05) is 0 Å². The third kappa shape index (κ3) is 673. The van der Waals surface area contributed by atoms with Crippen molar-refractivity contribution < 1.29 is 73.2 Å². The number of hydrogen-bond acceptors (Lipinski definition) is 18. The van der Waals surface area contributed by atoms with Crippen LogP contribution >= 0.6 is 0 Å². The average molecular weight is 522 g/mol. The Morgan fingerprint density at radius 1 is 0.308 bits per heavy atom. The van der Waals surface area contributed by atoms with E-state index < -0.39 is 30.5 Å². The van der Waals surface area contributed by atoms with Crippen LogP contribution in [0.3, 0.4) is 0 Å². The SMILES string of the molecule is O=[N+]([O-])[O-].O=[N+]([O-])[O-].O=[N+]([O-])[O-].O=[N+]([O-])[O-].O=[N+]([O-])[O-].O=[N+]([O-])[O-].[Ni+2].[Zr+4]. The first kappa shape index (κ1) is 49.5. The van der Waals surface area contributed by atoms with Gasteiger partial charge in [0.2, 0.25) is 0 Å². The minimum absolute atomic E-state index is 0. The summed E-state index contributed by atoms with van der Waals surface area (Å²) in [6.07, 6.45) is 0. The molecule has 0 atom stereocenters. The topological polar surface area (TPSA) is 397 Å². The Morgan fingerprint density at radius 3 is 0.308 bits per heavy atom. The molecule has 0 aliphatic carbocycles. The van der Waals surface area contributed by atoms with Crippen LogP contribution < -0.4 is 0 Å². The molecule has 0 aliphatic rings. The van der Waals surface area contributed by atoms with Crippen molar-refractivity contribution in [1.29, 1.82) is 0 Å². The molecule has 0 saturated heterocycles.